The second kappa shape index (κ2) is 6.87. The van der Waals surface area contributed by atoms with E-state index in [9.17, 15) is 4.79 Å². The summed E-state index contributed by atoms with van der Waals surface area (Å²) in [5.74, 6) is -0.966. The van der Waals surface area contributed by atoms with Gasteiger partial charge in [0.2, 0.25) is 0 Å². The maximum absolute atomic E-state index is 11.4. The molecular weight excluding hydrogens is 268 g/mol. The van der Waals surface area contributed by atoms with Gasteiger partial charge in [0.15, 0.2) is 5.79 Å². The fourth-order valence-corrected chi connectivity index (χ4v) is 2.44. The predicted molar refractivity (Wildman–Crippen MR) is 80.6 cm³/mol. The third-order valence-corrected chi connectivity index (χ3v) is 3.31. The van der Waals surface area contributed by atoms with E-state index in [1.54, 1.807) is 0 Å². The average molecular weight is 290 g/mol. The van der Waals surface area contributed by atoms with Crippen LogP contribution in [0.5, 0.6) is 0 Å². The predicted octanol–water partition coefficient (Wildman–Crippen LogP) is 3.17. The number of esters is 1. The van der Waals surface area contributed by atoms with Crippen LogP contribution >= 0.6 is 0 Å². The molecule has 0 bridgehead atoms. The molecular formula is C17H22O4. The zero-order valence-corrected chi connectivity index (χ0v) is 12.7. The van der Waals surface area contributed by atoms with Gasteiger partial charge in [-0.05, 0) is 19.4 Å². The molecule has 21 heavy (non-hydrogen) atoms. The minimum Gasteiger partial charge on any atom is -0.469 e. The van der Waals surface area contributed by atoms with Crippen LogP contribution in [0, 0.1) is 0 Å². The summed E-state index contributed by atoms with van der Waals surface area (Å²) in [7, 11) is 1.39. The summed E-state index contributed by atoms with van der Waals surface area (Å²) in [5, 5.41) is 0. The van der Waals surface area contributed by atoms with Crippen LogP contribution in [0.3, 0.4) is 0 Å². The van der Waals surface area contributed by atoms with Crippen LogP contribution in [0.2, 0.25) is 0 Å². The second-order valence-electron chi connectivity index (χ2n) is 5.58. The minimum atomic E-state index is -0.706. The van der Waals surface area contributed by atoms with Crippen LogP contribution in [0.15, 0.2) is 36.4 Å². The number of ether oxygens (including phenoxy) is 3. The lowest BCUT2D eigenvalue weighted by Gasteiger charge is -2.39. The highest BCUT2D eigenvalue weighted by atomic mass is 16.7. The van der Waals surface area contributed by atoms with E-state index in [0.29, 0.717) is 6.42 Å². The normalized spacial score (nSPS) is 24.9. The Hall–Kier alpha value is -1.65. The lowest BCUT2D eigenvalue weighted by molar-refractivity contribution is -0.290. The van der Waals surface area contributed by atoms with Gasteiger partial charge in [0.1, 0.15) is 0 Å². The third kappa shape index (κ3) is 4.99. The van der Waals surface area contributed by atoms with Gasteiger partial charge in [-0.1, -0.05) is 42.5 Å². The molecule has 1 saturated heterocycles. The maximum Gasteiger partial charge on any atom is 0.308 e. The van der Waals surface area contributed by atoms with Gasteiger partial charge in [-0.15, -0.1) is 0 Å². The van der Waals surface area contributed by atoms with E-state index in [1.165, 1.54) is 7.11 Å². The lowest BCUT2D eigenvalue weighted by Crippen LogP contribution is -2.44. The van der Waals surface area contributed by atoms with Crippen LogP contribution < -0.4 is 0 Å². The van der Waals surface area contributed by atoms with Gasteiger partial charge in [-0.25, -0.2) is 0 Å². The molecule has 2 rings (SSSR count). The van der Waals surface area contributed by atoms with Crippen LogP contribution in [-0.4, -0.2) is 31.1 Å². The molecule has 4 heteroatoms. The van der Waals surface area contributed by atoms with Crippen molar-refractivity contribution in [1.29, 1.82) is 0 Å². The Balaban J connectivity index is 2.02. The van der Waals surface area contributed by atoms with Crippen molar-refractivity contribution in [2.75, 3.05) is 7.11 Å². The highest BCUT2D eigenvalue weighted by Crippen LogP contribution is 2.29. The molecule has 114 valence electrons. The van der Waals surface area contributed by atoms with Gasteiger partial charge in [0.05, 0.1) is 25.7 Å². The van der Waals surface area contributed by atoms with Gasteiger partial charge in [0, 0.05) is 6.42 Å². The van der Waals surface area contributed by atoms with Gasteiger partial charge in [-0.2, -0.15) is 0 Å². The van der Waals surface area contributed by atoms with Crippen molar-refractivity contribution in [3.05, 3.63) is 42.0 Å². The summed E-state index contributed by atoms with van der Waals surface area (Å²) >= 11 is 0. The maximum atomic E-state index is 11.4. The molecule has 2 unspecified atom stereocenters. The van der Waals surface area contributed by atoms with Crippen LogP contribution in [0.25, 0.3) is 6.08 Å². The Morgan fingerprint density at radius 1 is 1.33 bits per heavy atom. The molecule has 0 aromatic heterocycles. The Bertz CT molecular complexity index is 493. The van der Waals surface area contributed by atoms with Crippen molar-refractivity contribution in [2.24, 2.45) is 0 Å². The van der Waals surface area contributed by atoms with Crippen molar-refractivity contribution in [2.45, 2.75) is 44.7 Å². The van der Waals surface area contributed by atoms with Crippen molar-refractivity contribution >= 4 is 12.0 Å². The van der Waals surface area contributed by atoms with Crippen molar-refractivity contribution in [3.8, 4) is 0 Å². The van der Waals surface area contributed by atoms with Crippen LogP contribution in [-0.2, 0) is 19.0 Å². The number of rotatable bonds is 4. The highest BCUT2D eigenvalue weighted by molar-refractivity contribution is 5.69. The quantitative estimate of drug-likeness (QED) is 0.799. The van der Waals surface area contributed by atoms with E-state index in [-0.39, 0.29) is 24.6 Å². The van der Waals surface area contributed by atoms with Gasteiger partial charge in [-0.3, -0.25) is 4.79 Å². The summed E-state index contributed by atoms with van der Waals surface area (Å²) in [6.45, 7) is 3.72. The molecule has 1 fully saturated rings. The summed E-state index contributed by atoms with van der Waals surface area (Å²) in [6.07, 6.45) is 4.67. The lowest BCUT2D eigenvalue weighted by atomic mass is 10.0. The fourth-order valence-electron chi connectivity index (χ4n) is 2.44. The van der Waals surface area contributed by atoms with E-state index in [1.807, 2.05) is 56.3 Å². The van der Waals surface area contributed by atoms with Crippen LogP contribution in [0.4, 0.5) is 0 Å². The zero-order chi connectivity index (χ0) is 15.3. The van der Waals surface area contributed by atoms with Crippen molar-refractivity contribution in [3.63, 3.8) is 0 Å². The van der Waals surface area contributed by atoms with E-state index in [2.05, 4.69) is 0 Å². The standard InChI is InChI=1S/C17H22O4/c1-17(2)20-14(10-9-13-7-5-4-6-8-13)11-15(21-17)12-16(18)19-3/h4-10,14-15H,11-12H2,1-3H3. The Kier molecular flexibility index (Phi) is 5.15. The summed E-state index contributed by atoms with van der Waals surface area (Å²) in [6, 6.07) is 10.0. The molecule has 1 aromatic carbocycles. The van der Waals surface area contributed by atoms with Crippen LogP contribution in [0.1, 0.15) is 32.3 Å². The molecule has 0 saturated carbocycles. The Morgan fingerprint density at radius 3 is 2.71 bits per heavy atom. The topological polar surface area (TPSA) is 44.8 Å². The van der Waals surface area contributed by atoms with E-state index < -0.39 is 5.79 Å². The van der Waals surface area contributed by atoms with E-state index in [4.69, 9.17) is 14.2 Å². The monoisotopic (exact) mass is 290 g/mol. The van der Waals surface area contributed by atoms with Crippen molar-refractivity contribution in [1.82, 2.24) is 0 Å². The smallest absolute Gasteiger partial charge is 0.308 e. The van der Waals surface area contributed by atoms with Crippen molar-refractivity contribution < 1.29 is 19.0 Å². The molecule has 1 aliphatic heterocycles. The molecule has 0 amide bonds. The SMILES string of the molecule is COC(=O)CC1CC(C=Cc2ccccc2)OC(C)(C)O1. The number of hydrogen-bond acceptors (Lipinski definition) is 4. The highest BCUT2D eigenvalue weighted by Gasteiger charge is 2.35. The number of methoxy groups -OCH3 is 1. The molecule has 4 nitrogen and oxygen atoms in total. The molecule has 1 aliphatic rings. The Morgan fingerprint density at radius 2 is 2.05 bits per heavy atom. The van der Waals surface area contributed by atoms with Gasteiger partial charge >= 0.3 is 5.97 Å². The van der Waals surface area contributed by atoms with E-state index >= 15 is 0 Å². The molecule has 0 N–H and O–H groups in total. The molecule has 2 atom stereocenters. The summed E-state index contributed by atoms with van der Waals surface area (Å²) in [4.78, 5) is 11.4. The summed E-state index contributed by atoms with van der Waals surface area (Å²) in [5.41, 5.74) is 1.12. The number of carbonyl (C=O) groups is 1. The second-order valence-corrected chi connectivity index (χ2v) is 5.58. The van der Waals surface area contributed by atoms with E-state index in [0.717, 1.165) is 5.56 Å². The number of carbonyl (C=O) groups excluding carboxylic acids is 1. The molecule has 0 spiro atoms. The first-order valence-corrected chi connectivity index (χ1v) is 7.14. The fraction of sp³-hybridized carbons (Fsp3) is 0.471. The zero-order valence-electron chi connectivity index (χ0n) is 12.7. The number of hydrogen-bond donors (Lipinski definition) is 0. The minimum absolute atomic E-state index is 0.0800. The molecule has 0 radical (unpaired) electrons. The first-order chi connectivity index (χ1) is 9.98. The van der Waals surface area contributed by atoms with Gasteiger partial charge in [0.25, 0.3) is 0 Å². The first kappa shape index (κ1) is 15.7. The molecule has 0 aliphatic carbocycles. The summed E-state index contributed by atoms with van der Waals surface area (Å²) < 4.78 is 16.4. The Labute approximate surface area is 125 Å². The number of benzene rings is 1. The first-order valence-electron chi connectivity index (χ1n) is 7.14. The molecule has 1 aromatic rings. The third-order valence-electron chi connectivity index (χ3n) is 3.31. The largest absolute Gasteiger partial charge is 0.469 e. The molecule has 1 heterocycles. The van der Waals surface area contributed by atoms with Gasteiger partial charge < -0.3 is 14.2 Å². The average Bonchev–Trinajstić information content (AvgIpc) is 2.44.